The molecule has 2 unspecified atom stereocenters. The largest absolute Gasteiger partial charge is 0.480 e. The second-order valence-corrected chi connectivity index (χ2v) is 3.10. The third-order valence-corrected chi connectivity index (χ3v) is 2.19. The Labute approximate surface area is 80.4 Å². The number of nitrogens with zero attached hydrogens (tertiary/aromatic N) is 2. The lowest BCUT2D eigenvalue weighted by molar-refractivity contribution is -0.167. The fourth-order valence-electron chi connectivity index (χ4n) is 1.44. The Morgan fingerprint density at radius 2 is 2.21 bits per heavy atom. The number of likely N-dealkylation sites (N-methyl/N-ethyl adjacent to an activating group) is 1. The molecule has 0 aromatic rings. The molecule has 0 aromatic carbocycles. The van der Waals surface area contributed by atoms with Crippen molar-refractivity contribution in [1.82, 2.24) is 4.90 Å². The van der Waals surface area contributed by atoms with Gasteiger partial charge < -0.3 is 21.5 Å². The van der Waals surface area contributed by atoms with E-state index in [2.05, 4.69) is 4.99 Å². The normalized spacial score (nSPS) is 25.5. The number of guanidine groups is 1. The van der Waals surface area contributed by atoms with Gasteiger partial charge in [0.15, 0.2) is 5.96 Å². The van der Waals surface area contributed by atoms with Crippen molar-refractivity contribution >= 4 is 17.8 Å². The minimum atomic E-state index is -1.04. The van der Waals surface area contributed by atoms with Crippen molar-refractivity contribution < 1.29 is 14.7 Å². The van der Waals surface area contributed by atoms with E-state index in [0.29, 0.717) is 0 Å². The molecule has 14 heavy (non-hydrogen) atoms. The highest BCUT2D eigenvalue weighted by Crippen LogP contribution is 2.25. The van der Waals surface area contributed by atoms with Crippen molar-refractivity contribution in [2.24, 2.45) is 22.4 Å². The van der Waals surface area contributed by atoms with Crippen LogP contribution >= 0.6 is 0 Å². The molecule has 5 N–H and O–H groups in total. The highest BCUT2D eigenvalue weighted by molar-refractivity contribution is 5.96. The van der Waals surface area contributed by atoms with Gasteiger partial charge in [-0.3, -0.25) is 9.79 Å². The SMILES string of the molecule is CN1C(=O)C(CN=C(N)N)C1C(=O)O. The summed E-state index contributed by atoms with van der Waals surface area (Å²) >= 11 is 0. The average molecular weight is 200 g/mol. The molecule has 0 spiro atoms. The molecule has 1 fully saturated rings. The Bertz CT molecular complexity index is 297. The molecule has 78 valence electrons. The number of amides is 1. The average Bonchev–Trinajstić information content (AvgIpc) is 2.09. The lowest BCUT2D eigenvalue weighted by Crippen LogP contribution is -2.63. The van der Waals surface area contributed by atoms with E-state index in [1.807, 2.05) is 0 Å². The van der Waals surface area contributed by atoms with Crippen LogP contribution in [0.3, 0.4) is 0 Å². The summed E-state index contributed by atoms with van der Waals surface area (Å²) in [5, 5.41) is 8.75. The lowest BCUT2D eigenvalue weighted by atomic mass is 9.88. The van der Waals surface area contributed by atoms with E-state index in [0.717, 1.165) is 4.90 Å². The van der Waals surface area contributed by atoms with Gasteiger partial charge in [0.1, 0.15) is 6.04 Å². The molecule has 0 radical (unpaired) electrons. The van der Waals surface area contributed by atoms with Crippen molar-refractivity contribution in [2.75, 3.05) is 13.6 Å². The van der Waals surface area contributed by atoms with Gasteiger partial charge in [-0.2, -0.15) is 0 Å². The molecule has 0 aliphatic carbocycles. The molecule has 0 bridgehead atoms. The first-order chi connectivity index (χ1) is 6.45. The molecule has 1 saturated heterocycles. The van der Waals surface area contributed by atoms with Crippen LogP contribution in [-0.4, -0.2) is 47.5 Å². The Balaban J connectivity index is 2.65. The first-order valence-electron chi connectivity index (χ1n) is 4.00. The Morgan fingerprint density at radius 1 is 1.64 bits per heavy atom. The van der Waals surface area contributed by atoms with Crippen LogP contribution in [0.15, 0.2) is 4.99 Å². The molecule has 2 atom stereocenters. The third-order valence-electron chi connectivity index (χ3n) is 2.19. The number of hydrogen-bond donors (Lipinski definition) is 3. The fourth-order valence-corrected chi connectivity index (χ4v) is 1.44. The highest BCUT2D eigenvalue weighted by atomic mass is 16.4. The first-order valence-corrected chi connectivity index (χ1v) is 4.00. The molecule has 0 saturated carbocycles. The Kier molecular flexibility index (Phi) is 2.59. The predicted molar refractivity (Wildman–Crippen MR) is 48.4 cm³/mol. The molecule has 1 heterocycles. The van der Waals surface area contributed by atoms with Crippen molar-refractivity contribution in [1.29, 1.82) is 0 Å². The maximum atomic E-state index is 11.2. The molecular formula is C7H12N4O3. The summed E-state index contributed by atoms with van der Waals surface area (Å²) in [5.74, 6) is -2.07. The predicted octanol–water partition coefficient (Wildman–Crippen LogP) is -2.20. The number of aliphatic carboxylic acids is 1. The van der Waals surface area contributed by atoms with Crippen LogP contribution < -0.4 is 11.5 Å². The second kappa shape index (κ2) is 3.52. The van der Waals surface area contributed by atoms with Crippen LogP contribution in [0.1, 0.15) is 0 Å². The summed E-state index contributed by atoms with van der Waals surface area (Å²) in [5.41, 5.74) is 10.2. The maximum Gasteiger partial charge on any atom is 0.327 e. The van der Waals surface area contributed by atoms with E-state index in [1.165, 1.54) is 7.05 Å². The standard InChI is InChI=1S/C7H12N4O3/c1-11-4(6(13)14)3(5(11)12)2-10-7(8)9/h3-4H,2H2,1H3,(H,13,14)(H4,8,9,10). The molecule has 7 nitrogen and oxygen atoms in total. The number of carboxylic acid groups (broad SMARTS) is 1. The van der Waals surface area contributed by atoms with Gasteiger partial charge >= 0.3 is 5.97 Å². The number of hydrogen-bond acceptors (Lipinski definition) is 3. The van der Waals surface area contributed by atoms with E-state index >= 15 is 0 Å². The zero-order valence-electron chi connectivity index (χ0n) is 7.67. The van der Waals surface area contributed by atoms with Gasteiger partial charge in [-0.1, -0.05) is 0 Å². The molecule has 1 aliphatic heterocycles. The summed E-state index contributed by atoms with van der Waals surface area (Å²) in [6.07, 6.45) is 0. The zero-order chi connectivity index (χ0) is 10.9. The van der Waals surface area contributed by atoms with Crippen LogP contribution in [0, 0.1) is 5.92 Å². The van der Waals surface area contributed by atoms with Gasteiger partial charge in [-0.25, -0.2) is 4.79 Å². The van der Waals surface area contributed by atoms with E-state index in [9.17, 15) is 9.59 Å². The van der Waals surface area contributed by atoms with E-state index in [1.54, 1.807) is 0 Å². The lowest BCUT2D eigenvalue weighted by Gasteiger charge is -2.41. The molecular weight excluding hydrogens is 188 g/mol. The smallest absolute Gasteiger partial charge is 0.327 e. The van der Waals surface area contributed by atoms with Crippen LogP contribution in [0.2, 0.25) is 0 Å². The first kappa shape index (κ1) is 10.3. The number of carbonyl (C=O) groups is 2. The number of carboxylic acids is 1. The Hall–Kier alpha value is -1.79. The van der Waals surface area contributed by atoms with E-state index in [-0.39, 0.29) is 18.4 Å². The van der Waals surface area contributed by atoms with Crippen molar-refractivity contribution in [3.8, 4) is 0 Å². The van der Waals surface area contributed by atoms with Gasteiger partial charge in [0, 0.05) is 7.05 Å². The third kappa shape index (κ3) is 1.61. The van der Waals surface area contributed by atoms with Crippen molar-refractivity contribution in [3.05, 3.63) is 0 Å². The van der Waals surface area contributed by atoms with Gasteiger partial charge in [0.2, 0.25) is 5.91 Å². The number of likely N-dealkylation sites (tertiary alicyclic amines) is 1. The van der Waals surface area contributed by atoms with Crippen molar-refractivity contribution in [2.45, 2.75) is 6.04 Å². The van der Waals surface area contributed by atoms with Gasteiger partial charge in [0.05, 0.1) is 12.5 Å². The molecule has 1 rings (SSSR count). The zero-order valence-corrected chi connectivity index (χ0v) is 7.67. The summed E-state index contributed by atoms with van der Waals surface area (Å²) in [7, 11) is 1.44. The van der Waals surface area contributed by atoms with E-state index < -0.39 is 17.9 Å². The summed E-state index contributed by atoms with van der Waals surface area (Å²) < 4.78 is 0. The van der Waals surface area contributed by atoms with Crippen LogP contribution in [0.4, 0.5) is 0 Å². The molecule has 0 aromatic heterocycles. The molecule has 1 aliphatic rings. The number of rotatable bonds is 3. The summed E-state index contributed by atoms with van der Waals surface area (Å²) in [6, 6.07) is -0.814. The summed E-state index contributed by atoms with van der Waals surface area (Å²) in [6.45, 7) is 0.0302. The minimum absolute atomic E-state index is 0.0302. The maximum absolute atomic E-state index is 11.2. The number of carbonyl (C=O) groups excluding carboxylic acids is 1. The van der Waals surface area contributed by atoms with Gasteiger partial charge in [-0.15, -0.1) is 0 Å². The second-order valence-electron chi connectivity index (χ2n) is 3.10. The van der Waals surface area contributed by atoms with Crippen LogP contribution in [-0.2, 0) is 9.59 Å². The number of β-lactam (4-membered cyclic amide) rings is 1. The van der Waals surface area contributed by atoms with Crippen LogP contribution in [0.5, 0.6) is 0 Å². The Morgan fingerprint density at radius 3 is 2.64 bits per heavy atom. The highest BCUT2D eigenvalue weighted by Gasteiger charge is 2.49. The minimum Gasteiger partial charge on any atom is -0.480 e. The van der Waals surface area contributed by atoms with Gasteiger partial charge in [-0.05, 0) is 0 Å². The van der Waals surface area contributed by atoms with Crippen LogP contribution in [0.25, 0.3) is 0 Å². The molecule has 7 heteroatoms. The fraction of sp³-hybridized carbons (Fsp3) is 0.571. The monoisotopic (exact) mass is 200 g/mol. The van der Waals surface area contributed by atoms with Gasteiger partial charge in [0.25, 0.3) is 0 Å². The topological polar surface area (TPSA) is 122 Å². The summed E-state index contributed by atoms with van der Waals surface area (Å²) in [4.78, 5) is 26.7. The van der Waals surface area contributed by atoms with Crippen molar-refractivity contribution in [3.63, 3.8) is 0 Å². The number of nitrogens with two attached hydrogens (primary N) is 2. The number of aliphatic imine (C=N–C) groups is 1. The molecule has 1 amide bonds. The van der Waals surface area contributed by atoms with E-state index in [4.69, 9.17) is 16.6 Å². The quantitative estimate of drug-likeness (QED) is 0.271.